The molecule has 0 fully saturated rings. The number of esters is 2. The lowest BCUT2D eigenvalue weighted by Gasteiger charge is -2.13. The van der Waals surface area contributed by atoms with Gasteiger partial charge in [0.2, 0.25) is 5.90 Å². The Bertz CT molecular complexity index is 1430. The summed E-state index contributed by atoms with van der Waals surface area (Å²) in [6.45, 7) is 3.62. The number of halogens is 1. The van der Waals surface area contributed by atoms with E-state index in [1.54, 1.807) is 50.2 Å². The molecule has 0 spiro atoms. The quantitative estimate of drug-likeness (QED) is 0.136. The maximum absolute atomic E-state index is 12.5. The van der Waals surface area contributed by atoms with Crippen molar-refractivity contribution in [3.8, 4) is 11.5 Å². The molecule has 0 amide bonds. The fourth-order valence-corrected chi connectivity index (χ4v) is 3.70. The second kappa shape index (κ2) is 10.4. The van der Waals surface area contributed by atoms with Crippen molar-refractivity contribution in [2.45, 2.75) is 13.8 Å². The van der Waals surface area contributed by atoms with E-state index < -0.39 is 16.9 Å². The Labute approximate surface area is 210 Å². The van der Waals surface area contributed by atoms with E-state index in [9.17, 15) is 19.7 Å². The first-order chi connectivity index (χ1) is 17.3. The third-order valence-corrected chi connectivity index (χ3v) is 5.38. The van der Waals surface area contributed by atoms with E-state index in [-0.39, 0.29) is 40.4 Å². The van der Waals surface area contributed by atoms with Crippen molar-refractivity contribution < 1.29 is 28.7 Å². The van der Waals surface area contributed by atoms with Crippen molar-refractivity contribution in [1.29, 1.82) is 0 Å². The van der Waals surface area contributed by atoms with Crippen LogP contribution in [0.2, 0.25) is 5.02 Å². The second-order valence-electron chi connectivity index (χ2n) is 7.61. The van der Waals surface area contributed by atoms with E-state index in [0.717, 1.165) is 0 Å². The van der Waals surface area contributed by atoms with Gasteiger partial charge in [-0.2, -0.15) is 0 Å². The highest BCUT2D eigenvalue weighted by molar-refractivity contribution is 6.32. The van der Waals surface area contributed by atoms with Crippen LogP contribution in [0.1, 0.15) is 34.0 Å². The minimum absolute atomic E-state index is 0.00597. The summed E-state index contributed by atoms with van der Waals surface area (Å²) in [7, 11) is 0. The Morgan fingerprint density at radius 3 is 2.58 bits per heavy atom. The summed E-state index contributed by atoms with van der Waals surface area (Å²) in [4.78, 5) is 39.7. The van der Waals surface area contributed by atoms with Crippen molar-refractivity contribution in [1.82, 2.24) is 0 Å². The molecule has 9 nitrogen and oxygen atoms in total. The van der Waals surface area contributed by atoms with Gasteiger partial charge in [0.1, 0.15) is 0 Å². The Hall–Kier alpha value is -4.50. The van der Waals surface area contributed by atoms with Gasteiger partial charge in [0, 0.05) is 17.2 Å². The average molecular weight is 507 g/mol. The van der Waals surface area contributed by atoms with Crippen LogP contribution in [0.5, 0.6) is 11.5 Å². The molecule has 0 radical (unpaired) electrons. The molecule has 182 valence electrons. The topological polar surface area (TPSA) is 117 Å². The molecule has 36 heavy (non-hydrogen) atoms. The third-order valence-electron chi connectivity index (χ3n) is 5.10. The molecule has 0 saturated heterocycles. The number of aliphatic imine (C=N–C) groups is 1. The van der Waals surface area contributed by atoms with Gasteiger partial charge in [0.25, 0.3) is 5.69 Å². The molecule has 0 atom stereocenters. The maximum Gasteiger partial charge on any atom is 0.363 e. The number of benzene rings is 3. The van der Waals surface area contributed by atoms with E-state index in [0.29, 0.717) is 22.3 Å². The van der Waals surface area contributed by atoms with Crippen molar-refractivity contribution in [2.24, 2.45) is 4.99 Å². The Kier molecular flexibility index (Phi) is 7.12. The van der Waals surface area contributed by atoms with Gasteiger partial charge >= 0.3 is 11.9 Å². The van der Waals surface area contributed by atoms with Gasteiger partial charge in [-0.05, 0) is 61.9 Å². The molecule has 0 unspecified atom stereocenters. The summed E-state index contributed by atoms with van der Waals surface area (Å²) >= 11 is 6.41. The first-order valence-corrected chi connectivity index (χ1v) is 11.2. The van der Waals surface area contributed by atoms with Crippen LogP contribution < -0.4 is 9.47 Å². The summed E-state index contributed by atoms with van der Waals surface area (Å²) in [6.07, 6.45) is 1.45. The van der Waals surface area contributed by atoms with E-state index in [2.05, 4.69) is 4.99 Å². The Balaban J connectivity index is 1.64. The first-order valence-electron chi connectivity index (χ1n) is 10.8. The zero-order valence-corrected chi connectivity index (χ0v) is 19.9. The predicted molar refractivity (Wildman–Crippen MR) is 132 cm³/mol. The molecule has 1 heterocycles. The Morgan fingerprint density at radius 2 is 1.92 bits per heavy atom. The Morgan fingerprint density at radius 1 is 1.17 bits per heavy atom. The number of rotatable bonds is 7. The monoisotopic (exact) mass is 506 g/mol. The lowest BCUT2D eigenvalue weighted by atomic mass is 10.1. The number of nitrogens with zero attached hydrogens (tertiary/aromatic N) is 2. The fraction of sp³-hybridized carbons (Fsp3) is 0.115. The number of hydrogen-bond acceptors (Lipinski definition) is 8. The van der Waals surface area contributed by atoms with Crippen LogP contribution in [0, 0.1) is 17.0 Å². The SMILES string of the molecule is CCOc1cc(/C=C2\N=C(c3ccc([N+](=O)[O-])c(C)c3)OC2=O)cc(Cl)c1OC(=O)c1ccccc1. The van der Waals surface area contributed by atoms with E-state index >= 15 is 0 Å². The maximum atomic E-state index is 12.5. The van der Waals surface area contributed by atoms with Crippen LogP contribution in [-0.4, -0.2) is 29.4 Å². The number of carbonyl (C=O) groups is 2. The standard InChI is InChI=1S/C26H19ClN2O7/c1-3-34-22-14-16(12-19(27)23(22)35-25(30)17-7-5-4-6-8-17)13-20-26(31)36-24(28-20)18-9-10-21(29(32)33)15(2)11-18/h4-14H,3H2,1-2H3/b20-13-. The zero-order valence-electron chi connectivity index (χ0n) is 19.2. The molecule has 10 heteroatoms. The average Bonchev–Trinajstić information content (AvgIpc) is 3.21. The number of carbonyl (C=O) groups excluding carboxylic acids is 2. The molecular formula is C26H19ClN2O7. The number of cyclic esters (lactones) is 1. The first kappa shape index (κ1) is 24.6. The lowest BCUT2D eigenvalue weighted by Crippen LogP contribution is -2.10. The fourth-order valence-electron chi connectivity index (χ4n) is 3.44. The molecule has 0 saturated carbocycles. The van der Waals surface area contributed by atoms with Crippen LogP contribution in [0.4, 0.5) is 5.69 Å². The van der Waals surface area contributed by atoms with Gasteiger partial charge in [-0.15, -0.1) is 0 Å². The van der Waals surface area contributed by atoms with Crippen molar-refractivity contribution in [3.63, 3.8) is 0 Å². The van der Waals surface area contributed by atoms with E-state index in [1.165, 1.54) is 30.3 Å². The highest BCUT2D eigenvalue weighted by Gasteiger charge is 2.26. The summed E-state index contributed by atoms with van der Waals surface area (Å²) in [5, 5.41) is 11.1. The third kappa shape index (κ3) is 5.26. The lowest BCUT2D eigenvalue weighted by molar-refractivity contribution is -0.385. The number of nitro groups is 1. The van der Waals surface area contributed by atoms with Crippen molar-refractivity contribution in [3.05, 3.63) is 104 Å². The molecule has 3 aromatic carbocycles. The molecule has 0 aromatic heterocycles. The second-order valence-corrected chi connectivity index (χ2v) is 8.02. The van der Waals surface area contributed by atoms with Crippen LogP contribution in [0.3, 0.4) is 0 Å². The number of ether oxygens (including phenoxy) is 3. The van der Waals surface area contributed by atoms with E-state index in [4.69, 9.17) is 25.8 Å². The van der Waals surface area contributed by atoms with Gasteiger partial charge in [0.05, 0.1) is 22.1 Å². The molecule has 0 aliphatic carbocycles. The minimum Gasteiger partial charge on any atom is -0.490 e. The van der Waals surface area contributed by atoms with Gasteiger partial charge < -0.3 is 14.2 Å². The smallest absolute Gasteiger partial charge is 0.363 e. The highest BCUT2D eigenvalue weighted by Crippen LogP contribution is 2.38. The highest BCUT2D eigenvalue weighted by atomic mass is 35.5. The predicted octanol–water partition coefficient (Wildman–Crippen LogP) is 5.52. The number of nitro benzene ring substituents is 1. The van der Waals surface area contributed by atoms with Gasteiger partial charge in [-0.25, -0.2) is 14.6 Å². The molecule has 0 bridgehead atoms. The minimum atomic E-state index is -0.699. The molecule has 1 aliphatic heterocycles. The van der Waals surface area contributed by atoms with Gasteiger partial charge in [-0.1, -0.05) is 29.8 Å². The van der Waals surface area contributed by atoms with E-state index in [1.807, 2.05) is 0 Å². The molecule has 1 aliphatic rings. The molecule has 4 rings (SSSR count). The summed E-state index contributed by atoms with van der Waals surface area (Å²) in [6, 6.07) is 15.8. The number of aryl methyl sites for hydroxylation is 1. The summed E-state index contributed by atoms with van der Waals surface area (Å²) in [5.74, 6) is -1.02. The molecule has 3 aromatic rings. The molecule has 0 N–H and O–H groups in total. The normalized spacial score (nSPS) is 13.8. The van der Waals surface area contributed by atoms with Crippen LogP contribution in [-0.2, 0) is 9.53 Å². The van der Waals surface area contributed by atoms with Crippen LogP contribution >= 0.6 is 11.6 Å². The summed E-state index contributed by atoms with van der Waals surface area (Å²) in [5.41, 5.74) is 1.58. The van der Waals surface area contributed by atoms with Crippen molar-refractivity contribution in [2.75, 3.05) is 6.61 Å². The van der Waals surface area contributed by atoms with Gasteiger partial charge in [-0.3, -0.25) is 10.1 Å². The summed E-state index contributed by atoms with van der Waals surface area (Å²) < 4.78 is 16.4. The number of hydrogen-bond donors (Lipinski definition) is 0. The van der Waals surface area contributed by atoms with Crippen molar-refractivity contribution >= 4 is 41.2 Å². The molecular weight excluding hydrogens is 488 g/mol. The van der Waals surface area contributed by atoms with Crippen LogP contribution in [0.25, 0.3) is 6.08 Å². The zero-order chi connectivity index (χ0) is 25.8. The van der Waals surface area contributed by atoms with Crippen LogP contribution in [0.15, 0.2) is 71.4 Å². The largest absolute Gasteiger partial charge is 0.490 e. The van der Waals surface area contributed by atoms with Gasteiger partial charge in [0.15, 0.2) is 17.2 Å².